The van der Waals surface area contributed by atoms with E-state index in [1.807, 2.05) is 43.3 Å². The molecule has 29 heavy (non-hydrogen) atoms. The first-order chi connectivity index (χ1) is 14.2. The van der Waals surface area contributed by atoms with Crippen LogP contribution in [0.15, 0.2) is 53.7 Å². The fourth-order valence-electron chi connectivity index (χ4n) is 5.98. The predicted molar refractivity (Wildman–Crippen MR) is 109 cm³/mol. The first kappa shape index (κ1) is 17.0. The van der Waals surface area contributed by atoms with Gasteiger partial charge in [0, 0.05) is 5.56 Å². The zero-order valence-corrected chi connectivity index (χ0v) is 16.2. The van der Waals surface area contributed by atoms with Gasteiger partial charge in [-0.2, -0.15) is 10.1 Å². The third kappa shape index (κ3) is 2.13. The zero-order chi connectivity index (χ0) is 19.8. The predicted octanol–water partition coefficient (Wildman–Crippen LogP) is 3.77. The first-order valence-corrected chi connectivity index (χ1v) is 10.4. The van der Waals surface area contributed by atoms with Crippen LogP contribution in [-0.2, 0) is 9.59 Å². The van der Waals surface area contributed by atoms with E-state index >= 15 is 0 Å². The number of carbonyl (C=O) groups is 2. The van der Waals surface area contributed by atoms with Crippen LogP contribution in [0.5, 0.6) is 5.75 Å². The summed E-state index contributed by atoms with van der Waals surface area (Å²) in [7, 11) is 0. The molecule has 1 saturated heterocycles. The molecule has 4 unspecified atom stereocenters. The lowest BCUT2D eigenvalue weighted by Gasteiger charge is -2.19. The number of amides is 2. The van der Waals surface area contributed by atoms with Gasteiger partial charge in [0.1, 0.15) is 5.75 Å². The van der Waals surface area contributed by atoms with Gasteiger partial charge in [0.25, 0.3) is 11.8 Å². The molecule has 2 bridgehead atoms. The fourth-order valence-corrected chi connectivity index (χ4v) is 5.98. The zero-order valence-electron chi connectivity index (χ0n) is 16.2. The summed E-state index contributed by atoms with van der Waals surface area (Å²) in [5.74, 6) is 0.395. The molecule has 3 fully saturated rings. The molecule has 2 saturated carbocycles. The third-order valence-electron chi connectivity index (χ3n) is 7.36. The van der Waals surface area contributed by atoms with Crippen LogP contribution in [-0.4, -0.2) is 29.6 Å². The highest BCUT2D eigenvalue weighted by Crippen LogP contribution is 2.73. The summed E-state index contributed by atoms with van der Waals surface area (Å²) in [4.78, 5) is 26.2. The van der Waals surface area contributed by atoms with Gasteiger partial charge in [-0.1, -0.05) is 42.5 Å². The van der Waals surface area contributed by atoms with Crippen molar-refractivity contribution in [3.63, 3.8) is 0 Å². The van der Waals surface area contributed by atoms with Gasteiger partial charge < -0.3 is 4.74 Å². The van der Waals surface area contributed by atoms with E-state index in [1.165, 1.54) is 0 Å². The Balaban J connectivity index is 1.37. The average molecular weight is 386 g/mol. The molecular formula is C24H22N2O3. The number of imide groups is 1. The Labute approximate surface area is 169 Å². The fraction of sp³-hybridized carbons (Fsp3) is 0.375. The molecule has 3 aliphatic carbocycles. The van der Waals surface area contributed by atoms with Gasteiger partial charge in [-0.15, -0.1) is 0 Å². The number of nitrogens with zero attached hydrogens (tertiary/aromatic N) is 2. The Kier molecular flexibility index (Phi) is 3.38. The normalized spacial score (nSPS) is 30.9. The van der Waals surface area contributed by atoms with Crippen LogP contribution >= 0.6 is 0 Å². The van der Waals surface area contributed by atoms with E-state index < -0.39 is 0 Å². The van der Waals surface area contributed by atoms with E-state index in [9.17, 15) is 9.59 Å². The van der Waals surface area contributed by atoms with Crippen molar-refractivity contribution in [3.8, 4) is 5.75 Å². The van der Waals surface area contributed by atoms with Crippen LogP contribution < -0.4 is 4.74 Å². The molecule has 146 valence electrons. The Hall–Kier alpha value is -2.95. The third-order valence-corrected chi connectivity index (χ3v) is 7.36. The topological polar surface area (TPSA) is 59.0 Å². The highest BCUT2D eigenvalue weighted by Gasteiger charge is 2.73. The SMILES string of the molecule is CCOc1ccc2ccccc2c1/C=N/N1C(=O)C2C(C1=O)C1C=CC2C12CC2. The lowest BCUT2D eigenvalue weighted by molar-refractivity contribution is -0.141. The number of hydrogen-bond acceptors (Lipinski definition) is 4. The van der Waals surface area contributed by atoms with E-state index in [0.717, 1.165) is 34.2 Å². The summed E-state index contributed by atoms with van der Waals surface area (Å²) in [5, 5.41) is 7.57. The summed E-state index contributed by atoms with van der Waals surface area (Å²) in [6.07, 6.45) is 8.25. The van der Waals surface area contributed by atoms with Gasteiger partial charge in [-0.05, 0) is 53.9 Å². The number of fused-ring (bicyclic) bond motifs is 4. The highest BCUT2D eigenvalue weighted by atomic mass is 16.5. The molecule has 5 nitrogen and oxygen atoms in total. The number of carbonyl (C=O) groups excluding carboxylic acids is 2. The first-order valence-electron chi connectivity index (χ1n) is 10.4. The number of hydrogen-bond donors (Lipinski definition) is 0. The van der Waals surface area contributed by atoms with Crippen LogP contribution in [0.2, 0.25) is 0 Å². The average Bonchev–Trinajstić information content (AvgIpc) is 3.34. The molecular weight excluding hydrogens is 364 g/mol. The number of allylic oxidation sites excluding steroid dienone is 2. The van der Waals surface area contributed by atoms with Gasteiger partial charge in [0.15, 0.2) is 0 Å². The van der Waals surface area contributed by atoms with Crippen molar-refractivity contribution in [2.75, 3.05) is 6.61 Å². The molecule has 5 heteroatoms. The maximum absolute atomic E-state index is 13.1. The van der Waals surface area contributed by atoms with Crippen molar-refractivity contribution in [1.29, 1.82) is 0 Å². The molecule has 1 aliphatic heterocycles. The highest BCUT2D eigenvalue weighted by molar-refractivity contribution is 6.08. The summed E-state index contributed by atoms with van der Waals surface area (Å²) < 4.78 is 5.78. The standard InChI is InChI=1S/C24H22N2O3/c1-2-29-19-10-7-14-5-3-4-6-15(14)16(19)13-25-26-22(27)20-17-8-9-18(21(20)23(26)28)24(17)11-12-24/h3-10,13,17-18,20-21H,2,11-12H2,1H3/b25-13+. The Morgan fingerprint density at radius 1 is 1.07 bits per heavy atom. The van der Waals surface area contributed by atoms with Crippen LogP contribution in [0.3, 0.4) is 0 Å². The maximum atomic E-state index is 13.1. The second-order valence-corrected chi connectivity index (χ2v) is 8.59. The maximum Gasteiger partial charge on any atom is 0.254 e. The van der Waals surface area contributed by atoms with Crippen molar-refractivity contribution < 1.29 is 14.3 Å². The lowest BCUT2D eigenvalue weighted by atomic mass is 9.85. The van der Waals surface area contributed by atoms with E-state index in [-0.39, 0.29) is 40.9 Å². The van der Waals surface area contributed by atoms with Crippen molar-refractivity contribution >= 4 is 28.8 Å². The molecule has 4 atom stereocenters. The van der Waals surface area contributed by atoms with Gasteiger partial charge in [-0.3, -0.25) is 9.59 Å². The summed E-state index contributed by atoms with van der Waals surface area (Å²) >= 11 is 0. The molecule has 4 aliphatic rings. The monoisotopic (exact) mass is 386 g/mol. The number of hydrazone groups is 1. The lowest BCUT2D eigenvalue weighted by Crippen LogP contribution is -2.30. The molecule has 0 radical (unpaired) electrons. The number of ether oxygens (including phenoxy) is 1. The molecule has 2 aromatic carbocycles. The Bertz CT molecular complexity index is 1080. The van der Waals surface area contributed by atoms with Crippen LogP contribution in [0.25, 0.3) is 10.8 Å². The second-order valence-electron chi connectivity index (χ2n) is 8.59. The Morgan fingerprint density at radius 3 is 2.41 bits per heavy atom. The Morgan fingerprint density at radius 2 is 1.76 bits per heavy atom. The van der Waals surface area contributed by atoms with Crippen molar-refractivity contribution in [1.82, 2.24) is 5.01 Å². The minimum absolute atomic E-state index is 0.141. The molecule has 1 heterocycles. The van der Waals surface area contributed by atoms with Gasteiger partial charge in [0.05, 0.1) is 24.7 Å². The van der Waals surface area contributed by atoms with Gasteiger partial charge in [0.2, 0.25) is 0 Å². The molecule has 0 N–H and O–H groups in total. The van der Waals surface area contributed by atoms with E-state index in [1.54, 1.807) is 6.21 Å². The quantitative estimate of drug-likeness (QED) is 0.457. The molecule has 0 aromatic heterocycles. The number of rotatable bonds is 4. The summed E-state index contributed by atoms with van der Waals surface area (Å²) in [6.45, 7) is 2.46. The molecule has 6 rings (SSSR count). The largest absolute Gasteiger partial charge is 0.493 e. The van der Waals surface area contributed by atoms with Crippen molar-refractivity contribution in [3.05, 3.63) is 54.1 Å². The second kappa shape index (κ2) is 5.78. The minimum Gasteiger partial charge on any atom is -0.493 e. The molecule has 2 amide bonds. The van der Waals surface area contributed by atoms with Crippen LogP contribution in [0.1, 0.15) is 25.3 Å². The van der Waals surface area contributed by atoms with E-state index in [4.69, 9.17) is 4.74 Å². The molecule has 2 aromatic rings. The van der Waals surface area contributed by atoms with Gasteiger partial charge >= 0.3 is 0 Å². The molecule has 1 spiro atoms. The van der Waals surface area contributed by atoms with Crippen LogP contribution in [0.4, 0.5) is 0 Å². The van der Waals surface area contributed by atoms with Crippen molar-refractivity contribution in [2.45, 2.75) is 19.8 Å². The van der Waals surface area contributed by atoms with Crippen LogP contribution in [0, 0.1) is 29.1 Å². The minimum atomic E-state index is -0.226. The smallest absolute Gasteiger partial charge is 0.254 e. The van der Waals surface area contributed by atoms with Crippen molar-refractivity contribution in [2.24, 2.45) is 34.2 Å². The summed E-state index contributed by atoms with van der Waals surface area (Å²) in [5.41, 5.74) is 0.996. The van der Waals surface area contributed by atoms with E-state index in [2.05, 4.69) is 17.3 Å². The van der Waals surface area contributed by atoms with E-state index in [0.29, 0.717) is 12.4 Å². The van der Waals surface area contributed by atoms with Gasteiger partial charge in [-0.25, -0.2) is 0 Å². The number of benzene rings is 2. The summed E-state index contributed by atoms with van der Waals surface area (Å²) in [6, 6.07) is 11.9.